The van der Waals surface area contributed by atoms with Crippen molar-refractivity contribution in [2.45, 2.75) is 57.8 Å². The second-order valence-corrected chi connectivity index (χ2v) is 7.34. The Bertz CT molecular complexity index is 506. The van der Waals surface area contributed by atoms with Gasteiger partial charge in [-0.05, 0) is 85.0 Å². The molecule has 4 atom stereocenters. The van der Waals surface area contributed by atoms with Gasteiger partial charge in [-0.2, -0.15) is 0 Å². The third-order valence-corrected chi connectivity index (χ3v) is 6.47. The number of rotatable bonds is 0. The lowest BCUT2D eigenvalue weighted by Crippen LogP contribution is -2.39. The van der Waals surface area contributed by atoms with Gasteiger partial charge in [0.25, 0.3) is 0 Å². The molecule has 0 N–H and O–H groups in total. The number of hydrogen-bond donors (Lipinski definition) is 0. The van der Waals surface area contributed by atoms with Gasteiger partial charge in [0.05, 0.1) is 0 Å². The fraction of sp³-hybridized carbons (Fsp3) is 0.667. The highest BCUT2D eigenvalue weighted by Crippen LogP contribution is 2.60. The SMILES string of the molecule is C[C@@]12CCC[C@H]1[C@@H]1CCc3cc(F)ccc3[C@H]1CC2. The minimum atomic E-state index is -0.0567. The second-order valence-electron chi connectivity index (χ2n) is 7.34. The van der Waals surface area contributed by atoms with E-state index >= 15 is 0 Å². The van der Waals surface area contributed by atoms with Crippen molar-refractivity contribution in [2.24, 2.45) is 17.3 Å². The average molecular weight is 258 g/mol. The van der Waals surface area contributed by atoms with Crippen LogP contribution < -0.4 is 0 Å². The van der Waals surface area contributed by atoms with Crippen LogP contribution in [0.1, 0.15) is 62.5 Å². The molecule has 1 aromatic rings. The quantitative estimate of drug-likeness (QED) is 0.609. The van der Waals surface area contributed by atoms with Crippen LogP contribution in [0.5, 0.6) is 0 Å². The van der Waals surface area contributed by atoms with E-state index in [-0.39, 0.29) is 5.82 Å². The minimum absolute atomic E-state index is 0.0567. The van der Waals surface area contributed by atoms with E-state index in [1.54, 1.807) is 12.1 Å². The fourth-order valence-corrected chi connectivity index (χ4v) is 5.54. The number of hydrogen-bond acceptors (Lipinski definition) is 0. The summed E-state index contributed by atoms with van der Waals surface area (Å²) < 4.78 is 13.4. The van der Waals surface area contributed by atoms with E-state index in [2.05, 4.69) is 13.0 Å². The molecule has 0 bridgehead atoms. The Balaban J connectivity index is 1.72. The molecular formula is C18H23F. The molecule has 3 aliphatic rings. The molecule has 2 saturated carbocycles. The van der Waals surface area contributed by atoms with Crippen molar-refractivity contribution in [3.8, 4) is 0 Å². The molecule has 0 aliphatic heterocycles. The van der Waals surface area contributed by atoms with E-state index in [1.807, 2.05) is 0 Å². The molecule has 0 nitrogen and oxygen atoms in total. The summed E-state index contributed by atoms with van der Waals surface area (Å²) in [5.74, 6) is 2.47. The lowest BCUT2D eigenvalue weighted by atomic mass is 9.56. The van der Waals surface area contributed by atoms with Crippen LogP contribution in [-0.4, -0.2) is 0 Å². The van der Waals surface area contributed by atoms with E-state index in [1.165, 1.54) is 49.7 Å². The summed E-state index contributed by atoms with van der Waals surface area (Å²) in [6.07, 6.45) is 9.42. The van der Waals surface area contributed by atoms with Crippen LogP contribution in [0, 0.1) is 23.1 Å². The Kier molecular flexibility index (Phi) is 2.56. The molecule has 2 fully saturated rings. The first-order valence-corrected chi connectivity index (χ1v) is 7.96. The normalized spacial score (nSPS) is 40.4. The van der Waals surface area contributed by atoms with Gasteiger partial charge in [-0.1, -0.05) is 19.4 Å². The molecule has 0 saturated heterocycles. The molecule has 19 heavy (non-hydrogen) atoms. The topological polar surface area (TPSA) is 0 Å². The molecule has 0 amide bonds. The molecule has 0 radical (unpaired) electrons. The highest BCUT2D eigenvalue weighted by Gasteiger charge is 2.50. The Morgan fingerprint density at radius 1 is 1.16 bits per heavy atom. The van der Waals surface area contributed by atoms with Gasteiger partial charge in [-0.15, -0.1) is 0 Å². The van der Waals surface area contributed by atoms with E-state index < -0.39 is 0 Å². The van der Waals surface area contributed by atoms with Gasteiger partial charge in [-0.3, -0.25) is 0 Å². The zero-order valence-corrected chi connectivity index (χ0v) is 11.8. The first kappa shape index (κ1) is 11.9. The van der Waals surface area contributed by atoms with E-state index in [9.17, 15) is 4.39 Å². The zero-order valence-electron chi connectivity index (χ0n) is 11.8. The standard InChI is InChI=1S/C18H23F/c1-18-9-2-3-17(18)16-6-4-12-11-13(19)5-7-14(12)15(16)8-10-18/h5,7,11,15-17H,2-4,6,8-10H2,1H3/t15-,16-,17+,18+/m1/s1. The van der Waals surface area contributed by atoms with Crippen molar-refractivity contribution in [3.05, 3.63) is 35.1 Å². The van der Waals surface area contributed by atoms with Crippen molar-refractivity contribution < 1.29 is 4.39 Å². The summed E-state index contributed by atoms with van der Waals surface area (Å²) in [5, 5.41) is 0. The Hall–Kier alpha value is -0.850. The van der Waals surface area contributed by atoms with Crippen LogP contribution in [0.4, 0.5) is 4.39 Å². The maximum Gasteiger partial charge on any atom is 0.123 e. The number of halogens is 1. The summed E-state index contributed by atoms with van der Waals surface area (Å²) in [6, 6.07) is 5.54. The van der Waals surface area contributed by atoms with Crippen molar-refractivity contribution in [1.82, 2.24) is 0 Å². The molecule has 0 unspecified atom stereocenters. The fourth-order valence-electron chi connectivity index (χ4n) is 5.54. The third kappa shape index (κ3) is 1.70. The summed E-state index contributed by atoms with van der Waals surface area (Å²) in [7, 11) is 0. The number of benzene rings is 1. The maximum atomic E-state index is 13.4. The van der Waals surface area contributed by atoms with Crippen LogP contribution >= 0.6 is 0 Å². The van der Waals surface area contributed by atoms with Crippen LogP contribution in [0.25, 0.3) is 0 Å². The largest absolute Gasteiger partial charge is 0.207 e. The predicted octanol–water partition coefficient (Wildman–Crippen LogP) is 5.07. The van der Waals surface area contributed by atoms with Crippen LogP contribution in [-0.2, 0) is 6.42 Å². The van der Waals surface area contributed by atoms with E-state index in [4.69, 9.17) is 0 Å². The second kappa shape index (κ2) is 4.07. The third-order valence-electron chi connectivity index (χ3n) is 6.47. The highest BCUT2D eigenvalue weighted by atomic mass is 19.1. The first-order chi connectivity index (χ1) is 9.17. The monoisotopic (exact) mass is 258 g/mol. The zero-order chi connectivity index (χ0) is 13.0. The molecule has 1 aromatic carbocycles. The number of fused-ring (bicyclic) bond motifs is 5. The molecular weight excluding hydrogens is 235 g/mol. The molecule has 0 heterocycles. The average Bonchev–Trinajstić information content (AvgIpc) is 2.79. The Morgan fingerprint density at radius 3 is 2.95 bits per heavy atom. The first-order valence-electron chi connectivity index (χ1n) is 7.96. The molecule has 1 heteroatoms. The summed E-state index contributed by atoms with van der Waals surface area (Å²) in [4.78, 5) is 0. The van der Waals surface area contributed by atoms with Crippen LogP contribution in [0.2, 0.25) is 0 Å². The summed E-state index contributed by atoms with van der Waals surface area (Å²) in [6.45, 7) is 2.53. The van der Waals surface area contributed by atoms with Gasteiger partial charge in [0, 0.05) is 0 Å². The minimum Gasteiger partial charge on any atom is -0.207 e. The van der Waals surface area contributed by atoms with Crippen molar-refractivity contribution in [3.63, 3.8) is 0 Å². The van der Waals surface area contributed by atoms with Gasteiger partial charge in [-0.25, -0.2) is 4.39 Å². The maximum absolute atomic E-state index is 13.4. The van der Waals surface area contributed by atoms with Crippen molar-refractivity contribution >= 4 is 0 Å². The summed E-state index contributed by atoms with van der Waals surface area (Å²) >= 11 is 0. The van der Waals surface area contributed by atoms with Gasteiger partial charge >= 0.3 is 0 Å². The molecule has 0 spiro atoms. The van der Waals surface area contributed by atoms with Crippen LogP contribution in [0.3, 0.4) is 0 Å². The highest BCUT2D eigenvalue weighted by molar-refractivity contribution is 5.35. The summed E-state index contributed by atoms with van der Waals surface area (Å²) in [5.41, 5.74) is 3.40. The van der Waals surface area contributed by atoms with Gasteiger partial charge in [0.1, 0.15) is 5.82 Å². The van der Waals surface area contributed by atoms with Crippen LogP contribution in [0.15, 0.2) is 18.2 Å². The Morgan fingerprint density at radius 2 is 2.05 bits per heavy atom. The predicted molar refractivity (Wildman–Crippen MR) is 75.6 cm³/mol. The van der Waals surface area contributed by atoms with Gasteiger partial charge < -0.3 is 0 Å². The van der Waals surface area contributed by atoms with Gasteiger partial charge in [0.2, 0.25) is 0 Å². The van der Waals surface area contributed by atoms with Crippen molar-refractivity contribution in [2.75, 3.05) is 0 Å². The van der Waals surface area contributed by atoms with E-state index in [0.29, 0.717) is 5.41 Å². The molecule has 4 rings (SSSR count). The number of aryl methyl sites for hydroxylation is 1. The lowest BCUT2D eigenvalue weighted by molar-refractivity contribution is 0.0598. The molecule has 3 aliphatic carbocycles. The smallest absolute Gasteiger partial charge is 0.123 e. The van der Waals surface area contributed by atoms with Crippen molar-refractivity contribution in [1.29, 1.82) is 0 Å². The Labute approximate surface area is 115 Å². The van der Waals surface area contributed by atoms with E-state index in [0.717, 1.165) is 24.2 Å². The molecule has 102 valence electrons. The lowest BCUT2D eigenvalue weighted by Gasteiger charge is -2.49. The van der Waals surface area contributed by atoms with Gasteiger partial charge in [0.15, 0.2) is 0 Å². The molecule has 0 aromatic heterocycles.